The fraction of sp³-hybridized carbons (Fsp3) is 0.250. The third-order valence-electron chi connectivity index (χ3n) is 1.85. The minimum atomic E-state index is 0.540. The lowest BCUT2D eigenvalue weighted by Crippen LogP contribution is -1.96. The largest absolute Gasteiger partial charge is 0.384 e. The average Bonchev–Trinajstić information content (AvgIpc) is 2.46. The summed E-state index contributed by atoms with van der Waals surface area (Å²) in [5, 5.41) is 5.21. The normalized spacial score (nSPS) is 10.8. The SMILES string of the molecule is CCn1ncc2cnc(N)cc21. The molecule has 2 heterocycles. The zero-order chi connectivity index (χ0) is 8.55. The predicted octanol–water partition coefficient (Wildman–Crippen LogP) is 1.03. The molecule has 0 unspecified atom stereocenters. The number of aryl methyl sites for hydroxylation is 1. The second kappa shape index (κ2) is 2.48. The Morgan fingerprint density at radius 1 is 1.50 bits per heavy atom. The maximum Gasteiger partial charge on any atom is 0.125 e. The van der Waals surface area contributed by atoms with Crippen LogP contribution in [0.3, 0.4) is 0 Å². The van der Waals surface area contributed by atoms with E-state index in [1.54, 1.807) is 12.4 Å². The van der Waals surface area contributed by atoms with Crippen LogP contribution in [0.4, 0.5) is 5.82 Å². The number of rotatable bonds is 1. The Morgan fingerprint density at radius 3 is 3.08 bits per heavy atom. The van der Waals surface area contributed by atoms with Gasteiger partial charge in [-0.1, -0.05) is 0 Å². The van der Waals surface area contributed by atoms with Crippen molar-refractivity contribution in [2.75, 3.05) is 5.73 Å². The zero-order valence-electron chi connectivity index (χ0n) is 6.86. The van der Waals surface area contributed by atoms with Gasteiger partial charge in [0.15, 0.2) is 0 Å². The van der Waals surface area contributed by atoms with E-state index in [9.17, 15) is 0 Å². The summed E-state index contributed by atoms with van der Waals surface area (Å²) in [6.45, 7) is 2.90. The van der Waals surface area contributed by atoms with Crippen molar-refractivity contribution < 1.29 is 0 Å². The summed E-state index contributed by atoms with van der Waals surface area (Å²) >= 11 is 0. The highest BCUT2D eigenvalue weighted by molar-refractivity contribution is 5.79. The van der Waals surface area contributed by atoms with Crippen LogP contribution in [0.5, 0.6) is 0 Å². The molecule has 0 fully saturated rings. The predicted molar refractivity (Wildman–Crippen MR) is 47.6 cm³/mol. The highest BCUT2D eigenvalue weighted by Gasteiger charge is 2.00. The molecule has 0 radical (unpaired) electrons. The van der Waals surface area contributed by atoms with Crippen LogP contribution in [0.25, 0.3) is 10.9 Å². The average molecular weight is 162 g/mol. The molecule has 4 heteroatoms. The van der Waals surface area contributed by atoms with E-state index >= 15 is 0 Å². The summed E-state index contributed by atoms with van der Waals surface area (Å²) < 4.78 is 1.90. The van der Waals surface area contributed by atoms with Gasteiger partial charge < -0.3 is 5.73 Å². The van der Waals surface area contributed by atoms with Gasteiger partial charge in [-0.05, 0) is 6.92 Å². The lowest BCUT2D eigenvalue weighted by atomic mass is 10.3. The lowest BCUT2D eigenvalue weighted by molar-refractivity contribution is 0.684. The molecule has 62 valence electrons. The van der Waals surface area contributed by atoms with Crippen molar-refractivity contribution in [3.05, 3.63) is 18.5 Å². The zero-order valence-corrected chi connectivity index (χ0v) is 6.86. The van der Waals surface area contributed by atoms with E-state index in [2.05, 4.69) is 10.1 Å². The van der Waals surface area contributed by atoms with E-state index in [-0.39, 0.29) is 0 Å². The summed E-state index contributed by atoms with van der Waals surface area (Å²) in [5.74, 6) is 0.540. The van der Waals surface area contributed by atoms with Gasteiger partial charge in [0.1, 0.15) is 5.82 Å². The fourth-order valence-electron chi connectivity index (χ4n) is 1.24. The van der Waals surface area contributed by atoms with Crippen LogP contribution in [0.15, 0.2) is 18.5 Å². The van der Waals surface area contributed by atoms with Crippen LogP contribution in [0.1, 0.15) is 6.92 Å². The first kappa shape index (κ1) is 7.09. The van der Waals surface area contributed by atoms with Gasteiger partial charge in [0.25, 0.3) is 0 Å². The molecule has 0 spiro atoms. The van der Waals surface area contributed by atoms with Gasteiger partial charge in [0.05, 0.1) is 11.7 Å². The molecule has 12 heavy (non-hydrogen) atoms. The van der Waals surface area contributed by atoms with E-state index in [0.29, 0.717) is 5.82 Å². The Hall–Kier alpha value is -1.58. The first-order chi connectivity index (χ1) is 5.81. The van der Waals surface area contributed by atoms with Gasteiger partial charge in [-0.25, -0.2) is 4.98 Å². The molecule has 0 aliphatic carbocycles. The first-order valence-corrected chi connectivity index (χ1v) is 3.88. The molecule has 0 saturated heterocycles. The van der Waals surface area contributed by atoms with Crippen LogP contribution in [-0.2, 0) is 6.54 Å². The first-order valence-electron chi connectivity index (χ1n) is 3.88. The Labute approximate surface area is 70.0 Å². The van der Waals surface area contributed by atoms with Gasteiger partial charge >= 0.3 is 0 Å². The molecule has 0 amide bonds. The van der Waals surface area contributed by atoms with E-state index in [1.165, 1.54) is 0 Å². The maximum absolute atomic E-state index is 5.55. The highest BCUT2D eigenvalue weighted by Crippen LogP contribution is 2.13. The minimum Gasteiger partial charge on any atom is -0.384 e. The Morgan fingerprint density at radius 2 is 2.33 bits per heavy atom. The molecule has 0 aromatic carbocycles. The molecule has 0 bridgehead atoms. The monoisotopic (exact) mass is 162 g/mol. The lowest BCUT2D eigenvalue weighted by Gasteiger charge is -1.97. The molecule has 4 nitrogen and oxygen atoms in total. The minimum absolute atomic E-state index is 0.540. The fourth-order valence-corrected chi connectivity index (χ4v) is 1.24. The summed E-state index contributed by atoms with van der Waals surface area (Å²) in [4.78, 5) is 3.98. The molecule has 2 aromatic heterocycles. The van der Waals surface area contributed by atoms with Crippen LogP contribution >= 0.6 is 0 Å². The standard InChI is InChI=1S/C8H10N4/c1-2-12-7-3-8(9)10-4-6(7)5-11-12/h3-5H,2H2,1H3,(H2,9,10). The van der Waals surface area contributed by atoms with E-state index in [1.807, 2.05) is 17.7 Å². The second-order valence-corrected chi connectivity index (χ2v) is 2.63. The number of aromatic nitrogens is 3. The number of pyridine rings is 1. The van der Waals surface area contributed by atoms with Gasteiger partial charge in [-0.2, -0.15) is 5.10 Å². The third-order valence-corrected chi connectivity index (χ3v) is 1.85. The number of nitrogens with two attached hydrogens (primary N) is 1. The van der Waals surface area contributed by atoms with Gasteiger partial charge in [0, 0.05) is 24.2 Å². The maximum atomic E-state index is 5.55. The number of hydrogen-bond donors (Lipinski definition) is 1. The molecule has 2 rings (SSSR count). The van der Waals surface area contributed by atoms with Crippen LogP contribution in [0.2, 0.25) is 0 Å². The molecular formula is C8H10N4. The van der Waals surface area contributed by atoms with Crippen LogP contribution < -0.4 is 5.73 Å². The van der Waals surface area contributed by atoms with Crippen molar-refractivity contribution in [2.24, 2.45) is 0 Å². The van der Waals surface area contributed by atoms with E-state index in [0.717, 1.165) is 17.4 Å². The number of nitrogen functional groups attached to an aromatic ring is 1. The van der Waals surface area contributed by atoms with Crippen molar-refractivity contribution in [1.82, 2.24) is 14.8 Å². The van der Waals surface area contributed by atoms with Crippen LogP contribution in [0, 0.1) is 0 Å². The molecule has 0 saturated carbocycles. The van der Waals surface area contributed by atoms with Gasteiger partial charge in [0.2, 0.25) is 0 Å². The molecule has 0 atom stereocenters. The Kier molecular flexibility index (Phi) is 1.46. The molecule has 0 aliphatic heterocycles. The summed E-state index contributed by atoms with van der Waals surface area (Å²) in [7, 11) is 0. The quantitative estimate of drug-likeness (QED) is 0.681. The highest BCUT2D eigenvalue weighted by atomic mass is 15.3. The van der Waals surface area contributed by atoms with Gasteiger partial charge in [-0.3, -0.25) is 4.68 Å². The third kappa shape index (κ3) is 0.922. The molecule has 2 N–H and O–H groups in total. The van der Waals surface area contributed by atoms with Crippen molar-refractivity contribution in [1.29, 1.82) is 0 Å². The van der Waals surface area contributed by atoms with Crippen molar-refractivity contribution in [2.45, 2.75) is 13.5 Å². The summed E-state index contributed by atoms with van der Waals surface area (Å²) in [5.41, 5.74) is 6.60. The molecule has 0 aliphatic rings. The summed E-state index contributed by atoms with van der Waals surface area (Å²) in [6, 6.07) is 1.84. The Balaban J connectivity index is 2.75. The van der Waals surface area contributed by atoms with E-state index in [4.69, 9.17) is 5.73 Å². The number of nitrogens with zero attached hydrogens (tertiary/aromatic N) is 3. The molecule has 2 aromatic rings. The van der Waals surface area contributed by atoms with Crippen molar-refractivity contribution in [3.8, 4) is 0 Å². The number of hydrogen-bond acceptors (Lipinski definition) is 3. The molecular weight excluding hydrogens is 152 g/mol. The Bertz CT molecular complexity index is 404. The van der Waals surface area contributed by atoms with Crippen molar-refractivity contribution in [3.63, 3.8) is 0 Å². The second-order valence-electron chi connectivity index (χ2n) is 2.63. The topological polar surface area (TPSA) is 56.7 Å². The van der Waals surface area contributed by atoms with E-state index < -0.39 is 0 Å². The smallest absolute Gasteiger partial charge is 0.125 e. The summed E-state index contributed by atoms with van der Waals surface area (Å²) in [6.07, 6.45) is 3.54. The van der Waals surface area contributed by atoms with Crippen LogP contribution in [-0.4, -0.2) is 14.8 Å². The van der Waals surface area contributed by atoms with Gasteiger partial charge in [-0.15, -0.1) is 0 Å². The van der Waals surface area contributed by atoms with Crippen molar-refractivity contribution >= 4 is 16.7 Å². The number of anilines is 1. The number of fused-ring (bicyclic) bond motifs is 1.